The zero-order valence-electron chi connectivity index (χ0n) is 20.6. The van der Waals surface area contributed by atoms with Gasteiger partial charge in [0.2, 0.25) is 5.88 Å². The van der Waals surface area contributed by atoms with E-state index in [0.717, 1.165) is 39.7 Å². The molecule has 1 fully saturated rings. The third-order valence-corrected chi connectivity index (χ3v) is 6.44. The molecule has 1 saturated carbocycles. The fourth-order valence-corrected chi connectivity index (χ4v) is 4.59. The zero-order chi connectivity index (χ0) is 23.8. The fourth-order valence-electron chi connectivity index (χ4n) is 4.59. The van der Waals surface area contributed by atoms with E-state index >= 15 is 0 Å². The Hall–Kier alpha value is -3.55. The summed E-state index contributed by atoms with van der Waals surface area (Å²) in [6.07, 6.45) is 2.47. The van der Waals surface area contributed by atoms with Crippen molar-refractivity contribution in [2.45, 2.75) is 46.1 Å². The first kappa shape index (κ1) is 22.3. The van der Waals surface area contributed by atoms with Crippen LogP contribution in [-0.2, 0) is 13.7 Å². The molecule has 1 aromatic heterocycles. The molecule has 0 bridgehead atoms. The van der Waals surface area contributed by atoms with Gasteiger partial charge in [-0.25, -0.2) is 9.69 Å². The van der Waals surface area contributed by atoms with Crippen molar-refractivity contribution in [3.8, 4) is 22.9 Å². The van der Waals surface area contributed by atoms with Gasteiger partial charge in [-0.3, -0.25) is 5.01 Å². The summed E-state index contributed by atoms with van der Waals surface area (Å²) in [5, 5.41) is 16.9. The Balaban J connectivity index is 1.39. The molecule has 0 N–H and O–H groups in total. The van der Waals surface area contributed by atoms with Crippen molar-refractivity contribution in [1.82, 2.24) is 14.8 Å². The summed E-state index contributed by atoms with van der Waals surface area (Å²) in [7, 11) is 3.84. The van der Waals surface area contributed by atoms with Crippen LogP contribution < -0.4 is 14.5 Å². The van der Waals surface area contributed by atoms with Gasteiger partial charge >= 0.3 is 0 Å². The third-order valence-electron chi connectivity index (χ3n) is 6.44. The quantitative estimate of drug-likeness (QED) is 0.441. The number of rotatable bonds is 8. The second-order valence-electron chi connectivity index (χ2n) is 9.10. The van der Waals surface area contributed by atoms with Crippen LogP contribution in [0.2, 0.25) is 0 Å². The monoisotopic (exact) mass is 460 g/mol. The van der Waals surface area contributed by atoms with Gasteiger partial charge in [0.15, 0.2) is 0 Å². The summed E-state index contributed by atoms with van der Waals surface area (Å²) < 4.78 is 14.0. The maximum atomic E-state index is 6.39. The third kappa shape index (κ3) is 4.20. The van der Waals surface area contributed by atoms with E-state index in [1.165, 1.54) is 24.0 Å². The highest BCUT2D eigenvalue weighted by Crippen LogP contribution is 2.44. The van der Waals surface area contributed by atoms with E-state index in [0.29, 0.717) is 25.8 Å². The number of aryl methyl sites for hydroxylation is 2. The molecule has 1 aliphatic carbocycles. The first-order valence-electron chi connectivity index (χ1n) is 11.9. The van der Waals surface area contributed by atoms with Crippen molar-refractivity contribution >= 4 is 5.69 Å². The number of anilines is 1. The van der Waals surface area contributed by atoms with Gasteiger partial charge in [-0.1, -0.05) is 17.4 Å². The molecule has 0 atom stereocenters. The minimum atomic E-state index is 0.495. The van der Waals surface area contributed by atoms with Crippen LogP contribution in [0.3, 0.4) is 0 Å². The Morgan fingerprint density at radius 3 is 2.53 bits per heavy atom. The molecule has 2 aliphatic rings. The number of hydrogen-bond acceptors (Lipinski definition) is 7. The molecular formula is C26H32N6O2. The second-order valence-corrected chi connectivity index (χ2v) is 9.10. The van der Waals surface area contributed by atoms with Gasteiger partial charge in [0.25, 0.3) is 0 Å². The minimum Gasteiger partial charge on any atom is -0.489 e. The van der Waals surface area contributed by atoms with Gasteiger partial charge < -0.3 is 9.47 Å². The van der Waals surface area contributed by atoms with Gasteiger partial charge in [0.05, 0.1) is 18.0 Å². The molecule has 2 heterocycles. The van der Waals surface area contributed by atoms with Crippen LogP contribution in [0.25, 0.3) is 11.3 Å². The van der Waals surface area contributed by atoms with Gasteiger partial charge in [-0.15, -0.1) is 0 Å². The number of hydrogen-bond donors (Lipinski definition) is 0. The number of aromatic nitrogens is 2. The molecule has 8 nitrogen and oxygen atoms in total. The number of ether oxygens (including phenoxy) is 2. The maximum absolute atomic E-state index is 6.39. The van der Waals surface area contributed by atoms with E-state index in [1.54, 1.807) is 4.68 Å². The molecule has 5 rings (SSSR count). The lowest BCUT2D eigenvalue weighted by atomic mass is 10.0. The molecule has 1 aliphatic heterocycles. The molecule has 0 saturated heterocycles. The van der Waals surface area contributed by atoms with Crippen LogP contribution in [0.5, 0.6) is 11.6 Å². The summed E-state index contributed by atoms with van der Waals surface area (Å²) in [6, 6.07) is 12.7. The zero-order valence-corrected chi connectivity index (χ0v) is 20.6. The Kier molecular flexibility index (Phi) is 5.89. The van der Waals surface area contributed by atoms with Crippen molar-refractivity contribution in [2.24, 2.45) is 17.5 Å². The lowest BCUT2D eigenvalue weighted by molar-refractivity contribution is 0.303. The van der Waals surface area contributed by atoms with Gasteiger partial charge in [0.1, 0.15) is 19.0 Å². The van der Waals surface area contributed by atoms with Crippen LogP contribution >= 0.6 is 0 Å². The molecule has 0 radical (unpaired) electrons. The van der Waals surface area contributed by atoms with E-state index in [1.807, 2.05) is 37.1 Å². The van der Waals surface area contributed by atoms with Gasteiger partial charge in [0, 0.05) is 30.8 Å². The van der Waals surface area contributed by atoms with E-state index < -0.39 is 0 Å². The summed E-state index contributed by atoms with van der Waals surface area (Å²) in [4.78, 5) is 0. The standard InChI is InChI=1S/C26H32N6O2/c1-6-33-26-18(3)25(27-31(26)5)20-12-13-24(17(2)14-20)34-15-22-21(19-10-11-19)8-7-9-23(22)32-16-30(4)28-29-32/h7-9,12-14,19H,6,10-11,15-16H2,1-5H3. The molecule has 34 heavy (non-hydrogen) atoms. The Labute approximate surface area is 200 Å². The highest BCUT2D eigenvalue weighted by atomic mass is 16.5. The lowest BCUT2D eigenvalue weighted by Gasteiger charge is -2.21. The molecule has 8 heteroatoms. The first-order chi connectivity index (χ1) is 16.5. The van der Waals surface area contributed by atoms with Crippen LogP contribution in [0.1, 0.15) is 47.9 Å². The smallest absolute Gasteiger partial charge is 0.215 e. The average molecular weight is 461 g/mol. The minimum absolute atomic E-state index is 0.495. The number of nitrogens with zero attached hydrogens (tertiary/aromatic N) is 6. The lowest BCUT2D eigenvalue weighted by Crippen LogP contribution is -2.23. The fraction of sp³-hybridized carbons (Fsp3) is 0.423. The number of benzene rings is 2. The summed E-state index contributed by atoms with van der Waals surface area (Å²) in [5.74, 6) is 2.30. The van der Waals surface area contributed by atoms with Crippen molar-refractivity contribution in [3.63, 3.8) is 0 Å². The highest BCUT2D eigenvalue weighted by molar-refractivity contribution is 5.67. The predicted molar refractivity (Wildman–Crippen MR) is 132 cm³/mol. The second kappa shape index (κ2) is 9.00. The van der Waals surface area contributed by atoms with Gasteiger partial charge in [-0.05, 0) is 80.1 Å². The van der Waals surface area contributed by atoms with E-state index in [2.05, 4.69) is 59.7 Å². The predicted octanol–water partition coefficient (Wildman–Crippen LogP) is 5.55. The average Bonchev–Trinajstić information content (AvgIpc) is 3.52. The Bertz CT molecular complexity index is 1230. The topological polar surface area (TPSA) is 67.5 Å². The highest BCUT2D eigenvalue weighted by Gasteiger charge is 2.29. The molecule has 0 unspecified atom stereocenters. The van der Waals surface area contributed by atoms with Crippen molar-refractivity contribution in [1.29, 1.82) is 0 Å². The Morgan fingerprint density at radius 1 is 1.03 bits per heavy atom. The van der Waals surface area contributed by atoms with Crippen molar-refractivity contribution in [2.75, 3.05) is 25.3 Å². The van der Waals surface area contributed by atoms with Crippen molar-refractivity contribution < 1.29 is 9.47 Å². The molecule has 2 aromatic carbocycles. The summed E-state index contributed by atoms with van der Waals surface area (Å²) in [5.41, 5.74) is 7.75. The SMILES string of the molecule is CCOc1c(C)c(-c2ccc(OCc3c(C4CC4)cccc3N3CN(C)N=N3)c(C)c2)nn1C. The van der Waals surface area contributed by atoms with Crippen LogP contribution in [0.15, 0.2) is 46.8 Å². The summed E-state index contributed by atoms with van der Waals surface area (Å²) >= 11 is 0. The first-order valence-corrected chi connectivity index (χ1v) is 11.9. The molecule has 0 amide bonds. The van der Waals surface area contributed by atoms with Crippen LogP contribution in [-0.4, -0.2) is 35.1 Å². The van der Waals surface area contributed by atoms with Gasteiger partial charge in [-0.2, -0.15) is 5.10 Å². The normalized spacial score (nSPS) is 15.3. The molecular weight excluding hydrogens is 428 g/mol. The van der Waals surface area contributed by atoms with E-state index in [4.69, 9.17) is 9.47 Å². The van der Waals surface area contributed by atoms with E-state index in [9.17, 15) is 0 Å². The molecule has 3 aromatic rings. The summed E-state index contributed by atoms with van der Waals surface area (Å²) in [6.45, 7) is 7.87. The van der Waals surface area contributed by atoms with Crippen LogP contribution in [0, 0.1) is 13.8 Å². The largest absolute Gasteiger partial charge is 0.489 e. The Morgan fingerprint density at radius 2 is 1.85 bits per heavy atom. The van der Waals surface area contributed by atoms with Crippen LogP contribution in [0.4, 0.5) is 5.69 Å². The van der Waals surface area contributed by atoms with E-state index in [-0.39, 0.29) is 0 Å². The maximum Gasteiger partial charge on any atom is 0.215 e. The molecule has 178 valence electrons. The molecule has 0 spiro atoms. The van der Waals surface area contributed by atoms with Crippen molar-refractivity contribution in [3.05, 3.63) is 58.7 Å².